The van der Waals surface area contributed by atoms with Crippen molar-refractivity contribution in [1.82, 2.24) is 14.3 Å². The van der Waals surface area contributed by atoms with Gasteiger partial charge in [-0.05, 0) is 54.8 Å². The van der Waals surface area contributed by atoms with Crippen LogP contribution in [0.15, 0.2) is 59.6 Å². The van der Waals surface area contributed by atoms with Crippen molar-refractivity contribution in [3.8, 4) is 17.3 Å². The molecule has 0 atom stereocenters. The number of fused-ring (bicyclic) bond motifs is 1. The number of alkyl halides is 1. The van der Waals surface area contributed by atoms with Crippen LogP contribution in [0.1, 0.15) is 18.4 Å². The van der Waals surface area contributed by atoms with E-state index in [2.05, 4.69) is 20.2 Å². The molecule has 12 heteroatoms. The molecule has 2 aromatic carbocycles. The number of rotatable bonds is 7. The van der Waals surface area contributed by atoms with E-state index in [1.165, 1.54) is 0 Å². The SMILES string of the molecule is N#CCN1Cc2ccc(-c3ccnc(Nc4ccc(N5CCC(C(=O)SCF)CC5)cc4)n3)cc2S1(=O)=O. The number of benzene rings is 2. The number of nitriles is 1. The minimum atomic E-state index is -3.71. The molecule has 9 nitrogen and oxygen atoms in total. The first-order valence-electron chi connectivity index (χ1n) is 12.1. The molecule has 2 aliphatic heterocycles. The van der Waals surface area contributed by atoms with E-state index in [-0.39, 0.29) is 29.0 Å². The minimum absolute atomic E-state index is 0.0589. The van der Waals surface area contributed by atoms with Crippen LogP contribution >= 0.6 is 11.8 Å². The van der Waals surface area contributed by atoms with Gasteiger partial charge in [-0.1, -0.05) is 23.9 Å². The fourth-order valence-electron chi connectivity index (χ4n) is 4.73. The van der Waals surface area contributed by atoms with Crippen molar-refractivity contribution in [3.05, 3.63) is 60.3 Å². The second-order valence-corrected chi connectivity index (χ2v) is 11.8. The first kappa shape index (κ1) is 26.1. The van der Waals surface area contributed by atoms with Gasteiger partial charge in [-0.25, -0.2) is 22.8 Å². The zero-order valence-corrected chi connectivity index (χ0v) is 22.0. The second-order valence-electron chi connectivity index (χ2n) is 9.02. The Morgan fingerprint density at radius 3 is 2.63 bits per heavy atom. The molecule has 5 rings (SSSR count). The fraction of sp³-hybridized carbons (Fsp3) is 0.308. The highest BCUT2D eigenvalue weighted by molar-refractivity contribution is 8.13. The highest BCUT2D eigenvalue weighted by atomic mass is 32.2. The predicted octanol–water partition coefficient (Wildman–Crippen LogP) is 4.32. The molecular formula is C26H25FN6O3S2. The average molecular weight is 553 g/mol. The van der Waals surface area contributed by atoms with Gasteiger partial charge in [0.05, 0.1) is 16.7 Å². The Hall–Kier alpha value is -3.53. The third kappa shape index (κ3) is 5.36. The van der Waals surface area contributed by atoms with E-state index >= 15 is 0 Å². The first-order chi connectivity index (χ1) is 18.4. The van der Waals surface area contributed by atoms with E-state index in [1.807, 2.05) is 36.4 Å². The third-order valence-corrected chi connectivity index (χ3v) is 9.34. The number of anilines is 3. The molecule has 0 spiro atoms. The first-order valence-corrected chi connectivity index (χ1v) is 14.5. The van der Waals surface area contributed by atoms with E-state index in [9.17, 15) is 17.6 Å². The number of nitrogens with one attached hydrogen (secondary N) is 1. The molecule has 0 aliphatic carbocycles. The van der Waals surface area contributed by atoms with E-state index in [0.717, 1.165) is 40.5 Å². The van der Waals surface area contributed by atoms with E-state index in [1.54, 1.807) is 24.4 Å². The summed E-state index contributed by atoms with van der Waals surface area (Å²) in [6.45, 7) is 1.48. The van der Waals surface area contributed by atoms with E-state index < -0.39 is 16.0 Å². The van der Waals surface area contributed by atoms with Gasteiger partial charge in [-0.2, -0.15) is 9.57 Å². The maximum absolute atomic E-state index is 12.8. The number of carbonyl (C=O) groups is 1. The smallest absolute Gasteiger partial charge is 0.244 e. The highest BCUT2D eigenvalue weighted by Gasteiger charge is 2.34. The predicted molar refractivity (Wildman–Crippen MR) is 144 cm³/mol. The van der Waals surface area contributed by atoms with Gasteiger partial charge in [-0.3, -0.25) is 4.79 Å². The molecule has 3 aromatic rings. The lowest BCUT2D eigenvalue weighted by Gasteiger charge is -2.32. The molecule has 38 heavy (non-hydrogen) atoms. The van der Waals surface area contributed by atoms with Crippen molar-refractivity contribution in [2.75, 3.05) is 35.9 Å². The van der Waals surface area contributed by atoms with Crippen LogP contribution in [0.2, 0.25) is 0 Å². The molecule has 0 bridgehead atoms. The van der Waals surface area contributed by atoms with Crippen molar-refractivity contribution >= 4 is 44.2 Å². The molecule has 1 saturated heterocycles. The molecule has 1 fully saturated rings. The van der Waals surface area contributed by atoms with Crippen molar-refractivity contribution < 1.29 is 17.6 Å². The number of hydrogen-bond acceptors (Lipinski definition) is 9. The number of thioether (sulfide) groups is 1. The Bertz CT molecular complexity index is 1490. The molecule has 3 heterocycles. The molecule has 0 amide bonds. The van der Waals surface area contributed by atoms with Crippen LogP contribution in [-0.2, 0) is 21.4 Å². The summed E-state index contributed by atoms with van der Waals surface area (Å²) in [5.41, 5.74) is 3.70. The van der Waals surface area contributed by atoms with Gasteiger partial charge in [0.2, 0.25) is 16.0 Å². The summed E-state index contributed by atoms with van der Waals surface area (Å²) in [5, 5.41) is 12.1. The lowest BCUT2D eigenvalue weighted by atomic mass is 9.98. The van der Waals surface area contributed by atoms with Crippen LogP contribution in [0.25, 0.3) is 11.3 Å². The summed E-state index contributed by atoms with van der Waals surface area (Å²) >= 11 is 0.761. The average Bonchev–Trinajstić information content (AvgIpc) is 3.18. The molecule has 2 aliphatic rings. The van der Waals surface area contributed by atoms with Crippen LogP contribution < -0.4 is 10.2 Å². The van der Waals surface area contributed by atoms with Crippen molar-refractivity contribution in [2.45, 2.75) is 24.3 Å². The number of hydrogen-bond donors (Lipinski definition) is 1. The maximum atomic E-state index is 12.8. The van der Waals surface area contributed by atoms with Gasteiger partial charge in [0.25, 0.3) is 0 Å². The van der Waals surface area contributed by atoms with Gasteiger partial charge < -0.3 is 10.2 Å². The maximum Gasteiger partial charge on any atom is 0.244 e. The molecule has 0 unspecified atom stereocenters. The zero-order valence-electron chi connectivity index (χ0n) is 20.4. The second kappa shape index (κ2) is 11.1. The Labute approximate surface area is 224 Å². The van der Waals surface area contributed by atoms with Gasteiger partial charge in [0.1, 0.15) is 12.6 Å². The van der Waals surface area contributed by atoms with Crippen molar-refractivity contribution in [2.24, 2.45) is 5.92 Å². The quantitative estimate of drug-likeness (QED) is 0.428. The normalized spacial score (nSPS) is 17.1. The summed E-state index contributed by atoms with van der Waals surface area (Å²) in [6, 6.07) is 15.9. The molecule has 196 valence electrons. The summed E-state index contributed by atoms with van der Waals surface area (Å²) in [7, 11) is -3.71. The van der Waals surface area contributed by atoms with Crippen LogP contribution in [0.4, 0.5) is 21.7 Å². The van der Waals surface area contributed by atoms with Crippen molar-refractivity contribution in [3.63, 3.8) is 0 Å². The summed E-state index contributed by atoms with van der Waals surface area (Å²) in [4.78, 5) is 23.2. The summed E-state index contributed by atoms with van der Waals surface area (Å²) in [6.07, 6.45) is 3.04. The standard InChI is InChI=1S/C26H25FN6O3S2/c27-17-37-25(34)18-8-12-32(13-9-18)22-5-3-21(4-6-22)30-26-29-11-7-23(31-26)19-1-2-20-16-33(14-10-28)38(35,36)24(20)15-19/h1-7,11,15,18H,8-9,12-14,16-17H2,(H,29,30,31). The van der Waals surface area contributed by atoms with Crippen LogP contribution in [0, 0.1) is 17.2 Å². The molecule has 1 aromatic heterocycles. The molecule has 1 N–H and O–H groups in total. The Balaban J connectivity index is 1.26. The summed E-state index contributed by atoms with van der Waals surface area (Å²) < 4.78 is 39.2. The number of halogens is 1. The molecule has 0 radical (unpaired) electrons. The van der Waals surface area contributed by atoms with Gasteiger partial charge >= 0.3 is 0 Å². The van der Waals surface area contributed by atoms with Crippen LogP contribution in [0.3, 0.4) is 0 Å². The fourth-order valence-corrected chi connectivity index (χ4v) is 6.86. The number of aromatic nitrogens is 2. The molecule has 0 saturated carbocycles. The van der Waals surface area contributed by atoms with Crippen LogP contribution in [0.5, 0.6) is 0 Å². The lowest BCUT2D eigenvalue weighted by Crippen LogP contribution is -2.35. The van der Waals surface area contributed by atoms with Gasteiger partial charge in [-0.15, -0.1) is 0 Å². The van der Waals surface area contributed by atoms with Gasteiger partial charge in [0, 0.05) is 48.7 Å². The number of piperidine rings is 1. The minimum Gasteiger partial charge on any atom is -0.371 e. The topological polar surface area (TPSA) is 119 Å². The Morgan fingerprint density at radius 2 is 1.92 bits per heavy atom. The highest BCUT2D eigenvalue weighted by Crippen LogP contribution is 2.33. The third-order valence-electron chi connectivity index (χ3n) is 6.74. The van der Waals surface area contributed by atoms with E-state index in [4.69, 9.17) is 5.26 Å². The summed E-state index contributed by atoms with van der Waals surface area (Å²) in [5.74, 6) is 0.286. The monoisotopic (exact) mass is 552 g/mol. The Morgan fingerprint density at radius 1 is 1.16 bits per heavy atom. The van der Waals surface area contributed by atoms with Crippen molar-refractivity contribution in [1.29, 1.82) is 5.26 Å². The van der Waals surface area contributed by atoms with E-state index in [0.29, 0.717) is 35.6 Å². The molecular weight excluding hydrogens is 527 g/mol. The Kier molecular flexibility index (Phi) is 7.60. The number of sulfonamides is 1. The van der Waals surface area contributed by atoms with Gasteiger partial charge in [0.15, 0.2) is 5.12 Å². The number of nitrogens with zero attached hydrogens (tertiary/aromatic N) is 5. The number of carbonyl (C=O) groups excluding carboxylic acids is 1. The van der Waals surface area contributed by atoms with Crippen LogP contribution in [-0.4, -0.2) is 53.4 Å². The lowest BCUT2D eigenvalue weighted by molar-refractivity contribution is -0.114. The zero-order chi connectivity index (χ0) is 26.7. The largest absolute Gasteiger partial charge is 0.371 e.